The Hall–Kier alpha value is -3.75. The molecule has 0 saturated carbocycles. The number of ether oxygens (including phenoxy) is 1. The number of rotatable bonds is 7. The molecule has 0 aliphatic heterocycles. The van der Waals surface area contributed by atoms with E-state index in [0.717, 1.165) is 10.5 Å². The molecule has 0 bridgehead atoms. The van der Waals surface area contributed by atoms with Crippen LogP contribution in [0.3, 0.4) is 0 Å². The van der Waals surface area contributed by atoms with E-state index >= 15 is 0 Å². The van der Waals surface area contributed by atoms with E-state index in [4.69, 9.17) is 4.74 Å². The molecule has 0 radical (unpaired) electrons. The van der Waals surface area contributed by atoms with Gasteiger partial charge in [-0.25, -0.2) is 4.79 Å². The Morgan fingerprint density at radius 1 is 1.13 bits per heavy atom. The molecular formula is C21H23N3O6. The maximum absolute atomic E-state index is 12.5. The summed E-state index contributed by atoms with van der Waals surface area (Å²) in [6, 6.07) is 11.2. The van der Waals surface area contributed by atoms with E-state index in [1.165, 1.54) is 39.1 Å². The topological polar surface area (TPSA) is 119 Å². The van der Waals surface area contributed by atoms with Crippen molar-refractivity contribution in [3.63, 3.8) is 0 Å². The number of anilines is 1. The minimum Gasteiger partial charge on any atom is -0.449 e. The second-order valence-corrected chi connectivity index (χ2v) is 6.86. The summed E-state index contributed by atoms with van der Waals surface area (Å²) in [5.41, 5.74) is 1.59. The molecule has 2 rings (SSSR count). The maximum Gasteiger partial charge on any atom is 0.339 e. The normalized spacial score (nSPS) is 11.3. The first-order valence-corrected chi connectivity index (χ1v) is 9.16. The lowest BCUT2D eigenvalue weighted by Gasteiger charge is -2.21. The summed E-state index contributed by atoms with van der Waals surface area (Å²) < 4.78 is 5.16. The molecule has 9 heteroatoms. The van der Waals surface area contributed by atoms with Crippen molar-refractivity contribution in [2.24, 2.45) is 0 Å². The van der Waals surface area contributed by atoms with Crippen molar-refractivity contribution < 1.29 is 24.0 Å². The Labute approximate surface area is 173 Å². The zero-order chi connectivity index (χ0) is 22.4. The van der Waals surface area contributed by atoms with Crippen molar-refractivity contribution in [1.29, 1.82) is 0 Å². The van der Waals surface area contributed by atoms with E-state index < -0.39 is 28.8 Å². The number of hydrogen-bond donors (Lipinski definition) is 1. The molecule has 0 spiro atoms. The summed E-state index contributed by atoms with van der Waals surface area (Å²) in [5.74, 6) is -1.83. The lowest BCUT2D eigenvalue weighted by Crippen LogP contribution is -2.41. The lowest BCUT2D eigenvalue weighted by molar-refractivity contribution is -0.385. The maximum atomic E-state index is 12.5. The van der Waals surface area contributed by atoms with Crippen LogP contribution in [0.15, 0.2) is 42.5 Å². The van der Waals surface area contributed by atoms with Crippen molar-refractivity contribution in [3.05, 3.63) is 69.3 Å². The highest BCUT2D eigenvalue weighted by Gasteiger charge is 2.26. The van der Waals surface area contributed by atoms with Crippen molar-refractivity contribution in [1.82, 2.24) is 4.90 Å². The second-order valence-electron chi connectivity index (χ2n) is 6.86. The van der Waals surface area contributed by atoms with E-state index in [1.807, 2.05) is 19.1 Å². The number of nitro benzene ring substituents is 1. The van der Waals surface area contributed by atoms with Gasteiger partial charge in [0.25, 0.3) is 11.6 Å². The Morgan fingerprint density at radius 3 is 2.37 bits per heavy atom. The SMILES string of the molecule is Cc1ccc(NC(=O)CN(C)C(=O)[C@H](C)OC(=O)c2cccc([N+](=O)[O-])c2C)cc1. The van der Waals surface area contributed by atoms with Gasteiger partial charge < -0.3 is 15.0 Å². The molecule has 0 saturated heterocycles. The average Bonchev–Trinajstić information content (AvgIpc) is 2.68. The molecule has 30 heavy (non-hydrogen) atoms. The molecule has 0 aliphatic rings. The molecule has 2 aromatic rings. The molecule has 0 aromatic heterocycles. The smallest absolute Gasteiger partial charge is 0.339 e. The monoisotopic (exact) mass is 413 g/mol. The highest BCUT2D eigenvalue weighted by molar-refractivity contribution is 5.97. The Balaban J connectivity index is 1.97. The molecule has 0 fully saturated rings. The number of nitrogens with one attached hydrogen (secondary N) is 1. The predicted molar refractivity (Wildman–Crippen MR) is 110 cm³/mol. The van der Waals surface area contributed by atoms with Crippen LogP contribution in [0.25, 0.3) is 0 Å². The summed E-state index contributed by atoms with van der Waals surface area (Å²) in [6.45, 7) is 4.50. The summed E-state index contributed by atoms with van der Waals surface area (Å²) in [4.78, 5) is 48.6. The number of likely N-dealkylation sites (N-methyl/N-ethyl adjacent to an activating group) is 1. The van der Waals surface area contributed by atoms with Gasteiger partial charge in [-0.2, -0.15) is 0 Å². The van der Waals surface area contributed by atoms with Crippen LogP contribution in [-0.2, 0) is 14.3 Å². The highest BCUT2D eigenvalue weighted by atomic mass is 16.6. The summed E-state index contributed by atoms with van der Waals surface area (Å²) in [7, 11) is 1.42. The number of carbonyl (C=O) groups is 3. The summed E-state index contributed by atoms with van der Waals surface area (Å²) in [5, 5.41) is 13.7. The standard InChI is InChI=1S/C21H23N3O6/c1-13-8-10-16(11-9-13)22-19(25)12-23(4)20(26)15(3)30-21(27)17-6-5-7-18(14(17)2)24(28)29/h5-11,15H,12H2,1-4H3,(H,22,25)/t15-/m0/s1. The number of amides is 2. The van der Waals surface area contributed by atoms with Gasteiger partial charge in [0.1, 0.15) is 0 Å². The van der Waals surface area contributed by atoms with Crippen molar-refractivity contribution >= 4 is 29.2 Å². The Morgan fingerprint density at radius 2 is 1.77 bits per heavy atom. The third-order valence-corrected chi connectivity index (χ3v) is 4.45. The van der Waals surface area contributed by atoms with Crippen LogP contribution >= 0.6 is 0 Å². The lowest BCUT2D eigenvalue weighted by atomic mass is 10.1. The van der Waals surface area contributed by atoms with Crippen LogP contribution in [0.2, 0.25) is 0 Å². The first kappa shape index (κ1) is 22.5. The molecule has 1 atom stereocenters. The third kappa shape index (κ3) is 5.63. The van der Waals surface area contributed by atoms with Crippen LogP contribution in [-0.4, -0.2) is 47.3 Å². The third-order valence-electron chi connectivity index (χ3n) is 4.45. The fourth-order valence-corrected chi connectivity index (χ4v) is 2.76. The molecule has 0 unspecified atom stereocenters. The fourth-order valence-electron chi connectivity index (χ4n) is 2.76. The molecule has 158 valence electrons. The number of benzene rings is 2. The quantitative estimate of drug-likeness (QED) is 0.423. The van der Waals surface area contributed by atoms with Crippen molar-refractivity contribution in [3.8, 4) is 0 Å². The Kier molecular flexibility index (Phi) is 7.24. The minimum atomic E-state index is -1.17. The summed E-state index contributed by atoms with van der Waals surface area (Å²) >= 11 is 0. The van der Waals surface area contributed by atoms with E-state index in [9.17, 15) is 24.5 Å². The fraction of sp³-hybridized carbons (Fsp3) is 0.286. The van der Waals surface area contributed by atoms with Gasteiger partial charge in [0.15, 0.2) is 6.10 Å². The molecule has 0 heterocycles. The molecule has 9 nitrogen and oxygen atoms in total. The van der Waals surface area contributed by atoms with Crippen LogP contribution in [0.1, 0.15) is 28.4 Å². The van der Waals surface area contributed by atoms with Gasteiger partial charge in [-0.1, -0.05) is 23.8 Å². The van der Waals surface area contributed by atoms with Gasteiger partial charge in [0.2, 0.25) is 5.91 Å². The van der Waals surface area contributed by atoms with Crippen LogP contribution in [0.4, 0.5) is 11.4 Å². The van der Waals surface area contributed by atoms with Crippen molar-refractivity contribution in [2.75, 3.05) is 18.9 Å². The van der Waals surface area contributed by atoms with E-state index in [0.29, 0.717) is 5.69 Å². The van der Waals surface area contributed by atoms with Gasteiger partial charge in [-0.3, -0.25) is 19.7 Å². The van der Waals surface area contributed by atoms with Crippen LogP contribution in [0.5, 0.6) is 0 Å². The van der Waals surface area contributed by atoms with E-state index in [1.54, 1.807) is 12.1 Å². The largest absolute Gasteiger partial charge is 0.449 e. The van der Waals surface area contributed by atoms with Gasteiger partial charge in [-0.15, -0.1) is 0 Å². The first-order valence-electron chi connectivity index (χ1n) is 9.16. The zero-order valence-electron chi connectivity index (χ0n) is 17.2. The molecule has 0 aliphatic carbocycles. The number of hydrogen-bond acceptors (Lipinski definition) is 6. The highest BCUT2D eigenvalue weighted by Crippen LogP contribution is 2.22. The molecular weight excluding hydrogens is 390 g/mol. The number of nitrogens with zero attached hydrogens (tertiary/aromatic N) is 2. The van der Waals surface area contributed by atoms with Crippen molar-refractivity contribution in [2.45, 2.75) is 26.9 Å². The summed E-state index contributed by atoms with van der Waals surface area (Å²) in [6.07, 6.45) is -1.17. The number of carbonyl (C=O) groups excluding carboxylic acids is 3. The number of nitro groups is 1. The molecule has 2 aromatic carbocycles. The Bertz CT molecular complexity index is 971. The minimum absolute atomic E-state index is 0.00335. The second kappa shape index (κ2) is 9.64. The number of aryl methyl sites for hydroxylation is 1. The van der Waals surface area contributed by atoms with Gasteiger partial charge in [-0.05, 0) is 39.0 Å². The average molecular weight is 413 g/mol. The van der Waals surface area contributed by atoms with E-state index in [2.05, 4.69) is 5.32 Å². The predicted octanol–water partition coefficient (Wildman–Crippen LogP) is 2.85. The zero-order valence-corrected chi connectivity index (χ0v) is 17.2. The van der Waals surface area contributed by atoms with Crippen LogP contribution < -0.4 is 5.32 Å². The van der Waals surface area contributed by atoms with Crippen LogP contribution in [0, 0.1) is 24.0 Å². The van der Waals surface area contributed by atoms with Gasteiger partial charge in [0.05, 0.1) is 17.0 Å². The van der Waals surface area contributed by atoms with Gasteiger partial charge in [0, 0.05) is 24.4 Å². The van der Waals surface area contributed by atoms with Gasteiger partial charge >= 0.3 is 5.97 Å². The molecule has 2 amide bonds. The first-order chi connectivity index (χ1) is 14.1. The molecule has 1 N–H and O–H groups in total. The van der Waals surface area contributed by atoms with E-state index in [-0.39, 0.29) is 23.4 Å². The number of esters is 1.